The lowest BCUT2D eigenvalue weighted by atomic mass is 9.94. The lowest BCUT2D eigenvalue weighted by Gasteiger charge is -2.47. The van der Waals surface area contributed by atoms with Crippen molar-refractivity contribution < 1.29 is 0 Å². The van der Waals surface area contributed by atoms with E-state index in [1.54, 1.807) is 0 Å². The van der Waals surface area contributed by atoms with Crippen molar-refractivity contribution in [2.75, 3.05) is 36.8 Å². The molecule has 1 atom stereocenters. The highest BCUT2D eigenvalue weighted by Crippen LogP contribution is 2.36. The average molecular weight is 280 g/mol. The molecular weight excluding hydrogens is 258 g/mol. The Morgan fingerprint density at radius 2 is 2.05 bits per heavy atom. The lowest BCUT2D eigenvalue weighted by Crippen LogP contribution is -2.57. The third-order valence-electron chi connectivity index (χ3n) is 4.70. The molecule has 2 aliphatic heterocycles. The molecule has 4 heteroatoms. The molecule has 2 N–H and O–H groups in total. The number of nitrogens with two attached hydrogens (primary N) is 1. The maximum atomic E-state index is 5.92. The molecule has 1 aliphatic carbocycles. The van der Waals surface area contributed by atoms with E-state index in [1.165, 1.54) is 56.7 Å². The number of nitrogen functional groups attached to an aromatic ring is 1. The maximum absolute atomic E-state index is 5.92. The Kier molecular flexibility index (Phi) is 3.35. The number of fused-ring (bicyclic) bond motifs is 4. The van der Waals surface area contributed by atoms with Gasteiger partial charge in [-0.1, -0.05) is 6.07 Å². The van der Waals surface area contributed by atoms with Gasteiger partial charge in [0, 0.05) is 43.6 Å². The van der Waals surface area contributed by atoms with Crippen LogP contribution >= 0.6 is 12.4 Å². The minimum Gasteiger partial charge on any atom is -0.399 e. The zero-order valence-corrected chi connectivity index (χ0v) is 12.0. The fraction of sp³-hybridized carbons (Fsp3) is 0.600. The summed E-state index contributed by atoms with van der Waals surface area (Å²) in [5.41, 5.74) is 9.69. The number of rotatable bonds is 2. The molecule has 1 unspecified atom stereocenters. The summed E-state index contributed by atoms with van der Waals surface area (Å²) in [6.07, 6.45) is 4.12. The van der Waals surface area contributed by atoms with Crippen molar-refractivity contribution >= 4 is 23.8 Å². The first kappa shape index (κ1) is 13.1. The van der Waals surface area contributed by atoms with Crippen LogP contribution in [0.4, 0.5) is 11.4 Å². The van der Waals surface area contributed by atoms with Gasteiger partial charge in [0.1, 0.15) is 0 Å². The molecule has 0 aromatic heterocycles. The van der Waals surface area contributed by atoms with E-state index >= 15 is 0 Å². The molecule has 19 heavy (non-hydrogen) atoms. The quantitative estimate of drug-likeness (QED) is 0.842. The number of nitrogens with zero attached hydrogens (tertiary/aromatic N) is 2. The van der Waals surface area contributed by atoms with Crippen LogP contribution in [0.25, 0.3) is 0 Å². The molecule has 4 rings (SSSR count). The van der Waals surface area contributed by atoms with Crippen LogP contribution in [0.15, 0.2) is 18.2 Å². The summed E-state index contributed by atoms with van der Waals surface area (Å²) in [5.74, 6) is 1.00. The Labute approximate surface area is 121 Å². The number of anilines is 2. The molecular formula is C15H22ClN3. The van der Waals surface area contributed by atoms with Crippen LogP contribution in [0, 0.1) is 5.92 Å². The number of halogens is 1. The Hall–Kier alpha value is -0.930. The van der Waals surface area contributed by atoms with Crippen LogP contribution in [-0.2, 0) is 6.42 Å². The summed E-state index contributed by atoms with van der Waals surface area (Å²) in [4.78, 5) is 5.26. The Bertz CT molecular complexity index is 472. The van der Waals surface area contributed by atoms with Crippen LogP contribution in [0.3, 0.4) is 0 Å². The van der Waals surface area contributed by atoms with Crippen molar-refractivity contribution in [2.45, 2.75) is 25.3 Å². The van der Waals surface area contributed by atoms with E-state index in [-0.39, 0.29) is 12.4 Å². The largest absolute Gasteiger partial charge is 0.399 e. The van der Waals surface area contributed by atoms with Crippen molar-refractivity contribution in [2.24, 2.45) is 5.92 Å². The second kappa shape index (κ2) is 4.88. The van der Waals surface area contributed by atoms with Gasteiger partial charge in [-0.3, -0.25) is 4.90 Å². The number of benzene rings is 1. The normalized spacial score (nSPS) is 25.7. The second-order valence-electron chi connectivity index (χ2n) is 6.13. The predicted octanol–water partition coefficient (Wildman–Crippen LogP) is 2.15. The van der Waals surface area contributed by atoms with Crippen LogP contribution in [0.5, 0.6) is 0 Å². The van der Waals surface area contributed by atoms with Crippen molar-refractivity contribution in [1.29, 1.82) is 0 Å². The Balaban J connectivity index is 0.00000110. The van der Waals surface area contributed by atoms with Gasteiger partial charge in [0.2, 0.25) is 0 Å². The van der Waals surface area contributed by atoms with Gasteiger partial charge >= 0.3 is 0 Å². The Morgan fingerprint density at radius 1 is 1.21 bits per heavy atom. The minimum atomic E-state index is 0. The van der Waals surface area contributed by atoms with E-state index in [0.717, 1.165) is 17.6 Å². The van der Waals surface area contributed by atoms with E-state index in [9.17, 15) is 0 Å². The van der Waals surface area contributed by atoms with Crippen molar-refractivity contribution in [3.63, 3.8) is 0 Å². The third-order valence-corrected chi connectivity index (χ3v) is 4.70. The second-order valence-corrected chi connectivity index (χ2v) is 6.13. The molecule has 0 spiro atoms. The lowest BCUT2D eigenvalue weighted by molar-refractivity contribution is 0.162. The van der Waals surface area contributed by atoms with Crippen LogP contribution in [0.2, 0.25) is 0 Å². The number of hydrogen-bond acceptors (Lipinski definition) is 3. The first-order valence-electron chi connectivity index (χ1n) is 7.17. The molecule has 2 fully saturated rings. The summed E-state index contributed by atoms with van der Waals surface area (Å²) in [6, 6.07) is 7.16. The third kappa shape index (κ3) is 2.41. The van der Waals surface area contributed by atoms with Gasteiger partial charge in [-0.2, -0.15) is 0 Å². The number of hydrogen-bond donors (Lipinski definition) is 1. The highest BCUT2D eigenvalue weighted by Gasteiger charge is 2.35. The average Bonchev–Trinajstić information content (AvgIpc) is 3.18. The van der Waals surface area contributed by atoms with Crippen molar-refractivity contribution in [3.8, 4) is 0 Å². The van der Waals surface area contributed by atoms with Gasteiger partial charge in [0.25, 0.3) is 0 Å². The molecule has 1 saturated heterocycles. The fourth-order valence-electron chi connectivity index (χ4n) is 3.48. The van der Waals surface area contributed by atoms with Gasteiger partial charge in [-0.15, -0.1) is 12.4 Å². The monoisotopic (exact) mass is 279 g/mol. The van der Waals surface area contributed by atoms with Crippen molar-refractivity contribution in [3.05, 3.63) is 23.8 Å². The van der Waals surface area contributed by atoms with Gasteiger partial charge in [0.05, 0.1) is 0 Å². The van der Waals surface area contributed by atoms with Gasteiger partial charge in [0.15, 0.2) is 0 Å². The van der Waals surface area contributed by atoms with E-state index < -0.39 is 0 Å². The fourth-order valence-corrected chi connectivity index (χ4v) is 3.48. The first-order chi connectivity index (χ1) is 8.79. The predicted molar refractivity (Wildman–Crippen MR) is 82.1 cm³/mol. The van der Waals surface area contributed by atoms with E-state index in [1.807, 2.05) is 6.07 Å². The zero-order valence-electron chi connectivity index (χ0n) is 11.2. The summed E-state index contributed by atoms with van der Waals surface area (Å²) < 4.78 is 0. The highest BCUT2D eigenvalue weighted by atomic mass is 35.5. The first-order valence-corrected chi connectivity index (χ1v) is 7.17. The topological polar surface area (TPSA) is 32.5 Å². The molecule has 2 heterocycles. The van der Waals surface area contributed by atoms with Gasteiger partial charge in [-0.25, -0.2) is 0 Å². The van der Waals surface area contributed by atoms with E-state index in [2.05, 4.69) is 21.9 Å². The molecule has 104 valence electrons. The van der Waals surface area contributed by atoms with Crippen molar-refractivity contribution in [1.82, 2.24) is 4.90 Å². The standard InChI is InChI=1S/C15H21N3.ClH/c16-13-4-3-12-7-14-10-18(15(12)8-13)6-5-17(14)9-11-1-2-11;/h3-4,8,11,14H,1-2,5-7,9-10,16H2;1H. The Morgan fingerprint density at radius 3 is 2.84 bits per heavy atom. The van der Waals surface area contributed by atoms with Gasteiger partial charge in [-0.05, 0) is 42.9 Å². The molecule has 1 aromatic rings. The van der Waals surface area contributed by atoms with Crippen LogP contribution < -0.4 is 10.6 Å². The van der Waals surface area contributed by atoms with E-state index in [0.29, 0.717) is 0 Å². The number of piperazine rings is 1. The highest BCUT2D eigenvalue weighted by molar-refractivity contribution is 5.85. The summed E-state index contributed by atoms with van der Waals surface area (Å²) in [7, 11) is 0. The molecule has 0 radical (unpaired) electrons. The van der Waals surface area contributed by atoms with Crippen LogP contribution in [0.1, 0.15) is 18.4 Å². The zero-order chi connectivity index (χ0) is 12.1. The molecule has 1 aromatic carbocycles. The van der Waals surface area contributed by atoms with Gasteiger partial charge < -0.3 is 10.6 Å². The minimum absolute atomic E-state index is 0. The summed E-state index contributed by atoms with van der Waals surface area (Å²) >= 11 is 0. The van der Waals surface area contributed by atoms with E-state index in [4.69, 9.17) is 5.73 Å². The molecule has 3 nitrogen and oxygen atoms in total. The molecule has 0 amide bonds. The maximum Gasteiger partial charge on any atom is 0.0421 e. The smallest absolute Gasteiger partial charge is 0.0421 e. The molecule has 2 bridgehead atoms. The van der Waals surface area contributed by atoms with Crippen LogP contribution in [-0.4, -0.2) is 37.1 Å². The SMILES string of the molecule is Cl.Nc1ccc2c(c1)N1CCN(CC3CC3)C(C2)C1. The summed E-state index contributed by atoms with van der Waals surface area (Å²) in [6.45, 7) is 4.93. The molecule has 1 saturated carbocycles. The summed E-state index contributed by atoms with van der Waals surface area (Å²) in [5, 5.41) is 0. The molecule has 3 aliphatic rings.